The molecular weight excluding hydrogens is 563 g/mol. The zero-order valence-electron chi connectivity index (χ0n) is 22.6. The van der Waals surface area contributed by atoms with Gasteiger partial charge in [-0.2, -0.15) is 13.2 Å². The number of aliphatic carboxylic acids is 1. The molecule has 220 valence electrons. The summed E-state index contributed by atoms with van der Waals surface area (Å²) in [6.07, 6.45) is -5.08. The molecule has 0 aromatic heterocycles. The van der Waals surface area contributed by atoms with Crippen molar-refractivity contribution in [3.63, 3.8) is 0 Å². The second-order valence-corrected chi connectivity index (χ2v) is 11.2. The summed E-state index contributed by atoms with van der Waals surface area (Å²) >= 11 is 0. The molecule has 3 N–H and O–H groups in total. The third kappa shape index (κ3) is 8.13. The van der Waals surface area contributed by atoms with Crippen LogP contribution in [0.4, 0.5) is 30.2 Å². The minimum atomic E-state index is -5.08. The van der Waals surface area contributed by atoms with Gasteiger partial charge in [-0.3, -0.25) is 4.72 Å². The average Bonchev–Trinajstić information content (AvgIpc) is 2.90. The monoisotopic (exact) mass is 593 g/mol. The number of carboxylic acid groups (broad SMARTS) is 2. The van der Waals surface area contributed by atoms with E-state index in [1.807, 2.05) is 19.1 Å². The van der Waals surface area contributed by atoms with Crippen LogP contribution in [0.3, 0.4) is 0 Å². The molecular formula is C28H30F3N3O6S. The van der Waals surface area contributed by atoms with Gasteiger partial charge in [0.05, 0.1) is 16.1 Å². The lowest BCUT2D eigenvalue weighted by Crippen LogP contribution is -2.46. The Balaban J connectivity index is 0.000000587. The molecule has 0 bridgehead atoms. The summed E-state index contributed by atoms with van der Waals surface area (Å²) in [6.45, 7) is 8.70. The summed E-state index contributed by atoms with van der Waals surface area (Å²) in [4.78, 5) is 25.5. The summed E-state index contributed by atoms with van der Waals surface area (Å²) in [5, 5.41) is 16.9. The van der Waals surface area contributed by atoms with Gasteiger partial charge in [0.2, 0.25) is 0 Å². The SMILES string of the molecule is Cc1cccc(N2CCN(c3ccc(NS(=O)(=O)c4cc(C)ccc4C)c(C(=O)O)c3)CC2)c1.O=C(O)C(F)(F)F. The zero-order valence-corrected chi connectivity index (χ0v) is 23.4. The van der Waals surface area contributed by atoms with E-state index in [1.54, 1.807) is 31.2 Å². The van der Waals surface area contributed by atoms with Gasteiger partial charge in [0.15, 0.2) is 0 Å². The summed E-state index contributed by atoms with van der Waals surface area (Å²) in [5.41, 5.74) is 4.54. The lowest BCUT2D eigenvalue weighted by Gasteiger charge is -2.37. The number of carbonyl (C=O) groups is 2. The molecule has 3 aromatic rings. The van der Waals surface area contributed by atoms with Gasteiger partial charge in [0.1, 0.15) is 0 Å². The van der Waals surface area contributed by atoms with E-state index < -0.39 is 28.1 Å². The maximum atomic E-state index is 13.0. The number of benzene rings is 3. The molecule has 41 heavy (non-hydrogen) atoms. The fourth-order valence-corrected chi connectivity index (χ4v) is 5.65. The van der Waals surface area contributed by atoms with Gasteiger partial charge in [-0.25, -0.2) is 18.0 Å². The highest BCUT2D eigenvalue weighted by molar-refractivity contribution is 7.92. The Hall–Kier alpha value is -4.26. The fourth-order valence-electron chi connectivity index (χ4n) is 4.24. The van der Waals surface area contributed by atoms with E-state index in [0.29, 0.717) is 5.56 Å². The predicted octanol–water partition coefficient (Wildman–Crippen LogP) is 5.07. The van der Waals surface area contributed by atoms with Crippen molar-refractivity contribution >= 4 is 39.0 Å². The van der Waals surface area contributed by atoms with Gasteiger partial charge in [-0.15, -0.1) is 0 Å². The number of aryl methyl sites for hydroxylation is 3. The summed E-state index contributed by atoms with van der Waals surface area (Å²) in [5.74, 6) is -3.94. The average molecular weight is 594 g/mol. The Kier molecular flexibility index (Phi) is 9.53. The molecule has 0 atom stereocenters. The van der Waals surface area contributed by atoms with Crippen molar-refractivity contribution in [3.8, 4) is 0 Å². The van der Waals surface area contributed by atoms with Crippen molar-refractivity contribution in [3.05, 3.63) is 82.9 Å². The summed E-state index contributed by atoms with van der Waals surface area (Å²) in [7, 11) is -3.94. The normalized spacial score (nSPS) is 13.7. The summed E-state index contributed by atoms with van der Waals surface area (Å²) < 4.78 is 60.2. The topological polar surface area (TPSA) is 127 Å². The Morgan fingerprint density at radius 3 is 1.85 bits per heavy atom. The highest BCUT2D eigenvalue weighted by Crippen LogP contribution is 2.28. The molecule has 13 heteroatoms. The van der Waals surface area contributed by atoms with Crippen molar-refractivity contribution in [2.45, 2.75) is 31.8 Å². The molecule has 1 aliphatic rings. The highest BCUT2D eigenvalue weighted by Gasteiger charge is 2.38. The van der Waals surface area contributed by atoms with Crippen molar-refractivity contribution in [1.29, 1.82) is 0 Å². The number of anilines is 3. The first-order valence-corrected chi connectivity index (χ1v) is 13.9. The molecule has 1 saturated heterocycles. The third-order valence-corrected chi connectivity index (χ3v) is 7.87. The molecule has 1 fully saturated rings. The van der Waals surface area contributed by atoms with Gasteiger partial charge in [-0.1, -0.05) is 24.3 Å². The minimum absolute atomic E-state index is 0.0514. The number of hydrogen-bond donors (Lipinski definition) is 3. The number of rotatable bonds is 6. The van der Waals surface area contributed by atoms with Crippen LogP contribution in [0.15, 0.2) is 65.6 Å². The fraction of sp³-hybridized carbons (Fsp3) is 0.286. The standard InChI is InChI=1S/C26H29N3O4S.C2HF3O2/c1-18-5-4-6-21(15-18)28-11-13-29(14-12-28)22-9-10-24(23(17-22)26(30)31)27-34(32,33)25-16-19(2)7-8-20(25)3;3-2(4,5)1(6)7/h4-10,15-17,27H,11-14H2,1-3H3,(H,30,31);(H,6,7). The first kappa shape index (κ1) is 31.3. The molecule has 1 aliphatic heterocycles. The molecule has 9 nitrogen and oxygen atoms in total. The van der Waals surface area contributed by atoms with Gasteiger partial charge in [-0.05, 0) is 73.9 Å². The van der Waals surface area contributed by atoms with Crippen LogP contribution in [-0.2, 0) is 14.8 Å². The van der Waals surface area contributed by atoms with E-state index in [0.717, 1.165) is 37.4 Å². The Bertz CT molecular complexity index is 1540. The first-order chi connectivity index (χ1) is 19.1. The van der Waals surface area contributed by atoms with E-state index in [9.17, 15) is 31.5 Å². The molecule has 0 unspecified atom stereocenters. The van der Waals surface area contributed by atoms with Gasteiger partial charge >= 0.3 is 18.1 Å². The van der Waals surface area contributed by atoms with Gasteiger partial charge in [0.25, 0.3) is 10.0 Å². The molecule has 4 rings (SSSR count). The highest BCUT2D eigenvalue weighted by atomic mass is 32.2. The van der Waals surface area contributed by atoms with Crippen LogP contribution in [0.25, 0.3) is 0 Å². The van der Waals surface area contributed by atoms with Crippen molar-refractivity contribution in [2.24, 2.45) is 0 Å². The largest absolute Gasteiger partial charge is 0.490 e. The molecule has 0 amide bonds. The van der Waals surface area contributed by atoms with Crippen molar-refractivity contribution in [2.75, 3.05) is 40.7 Å². The quantitative estimate of drug-likeness (QED) is 0.362. The summed E-state index contributed by atoms with van der Waals surface area (Å²) in [6, 6.07) is 18.4. The Morgan fingerprint density at radius 1 is 0.805 bits per heavy atom. The number of hydrogen-bond acceptors (Lipinski definition) is 6. The van der Waals surface area contributed by atoms with E-state index in [4.69, 9.17) is 9.90 Å². The number of halogens is 3. The van der Waals surface area contributed by atoms with E-state index in [-0.39, 0.29) is 16.1 Å². The van der Waals surface area contributed by atoms with Crippen LogP contribution in [0, 0.1) is 20.8 Å². The van der Waals surface area contributed by atoms with Crippen LogP contribution < -0.4 is 14.5 Å². The van der Waals surface area contributed by atoms with Crippen LogP contribution in [0.5, 0.6) is 0 Å². The van der Waals surface area contributed by atoms with Crippen molar-refractivity contribution < 1.29 is 41.4 Å². The van der Waals surface area contributed by atoms with Crippen LogP contribution in [0.2, 0.25) is 0 Å². The maximum absolute atomic E-state index is 13.0. The number of aromatic carboxylic acids is 1. The number of piperazine rings is 1. The van der Waals surface area contributed by atoms with Crippen LogP contribution in [-0.4, -0.2) is 62.9 Å². The molecule has 0 spiro atoms. The molecule has 0 saturated carbocycles. The predicted molar refractivity (Wildman–Crippen MR) is 149 cm³/mol. The Labute approximate surface area is 235 Å². The lowest BCUT2D eigenvalue weighted by molar-refractivity contribution is -0.192. The smallest absolute Gasteiger partial charge is 0.478 e. The van der Waals surface area contributed by atoms with Crippen molar-refractivity contribution in [1.82, 2.24) is 0 Å². The molecule has 1 heterocycles. The molecule has 0 aliphatic carbocycles. The number of sulfonamides is 1. The van der Waals surface area contributed by atoms with E-state index >= 15 is 0 Å². The number of alkyl halides is 3. The number of nitrogens with one attached hydrogen (secondary N) is 1. The number of carboxylic acids is 2. The van der Waals surface area contributed by atoms with E-state index in [1.165, 1.54) is 17.3 Å². The maximum Gasteiger partial charge on any atom is 0.490 e. The lowest BCUT2D eigenvalue weighted by atomic mass is 10.1. The Morgan fingerprint density at radius 2 is 1.34 bits per heavy atom. The number of nitrogens with zero attached hydrogens (tertiary/aromatic N) is 2. The second kappa shape index (κ2) is 12.5. The first-order valence-electron chi connectivity index (χ1n) is 12.4. The molecule has 0 radical (unpaired) electrons. The van der Waals surface area contributed by atoms with Crippen LogP contribution >= 0.6 is 0 Å². The second-order valence-electron chi connectivity index (χ2n) is 9.53. The van der Waals surface area contributed by atoms with Gasteiger partial charge < -0.3 is 20.0 Å². The molecule has 3 aromatic carbocycles. The van der Waals surface area contributed by atoms with Crippen LogP contribution in [0.1, 0.15) is 27.0 Å². The minimum Gasteiger partial charge on any atom is -0.478 e. The van der Waals surface area contributed by atoms with Gasteiger partial charge in [0, 0.05) is 37.6 Å². The zero-order chi connectivity index (χ0) is 30.5. The third-order valence-electron chi connectivity index (χ3n) is 6.37. The van der Waals surface area contributed by atoms with E-state index in [2.05, 4.69) is 39.6 Å².